The van der Waals surface area contributed by atoms with Gasteiger partial charge in [-0.1, -0.05) is 29.8 Å². The van der Waals surface area contributed by atoms with Crippen molar-refractivity contribution in [2.75, 3.05) is 13.7 Å². The normalized spacial score (nSPS) is 15.1. The number of ether oxygens (including phenoxy) is 2. The number of benzene rings is 1. The highest BCUT2D eigenvalue weighted by Gasteiger charge is 2.25. The van der Waals surface area contributed by atoms with E-state index in [0.717, 1.165) is 24.6 Å². The molecule has 1 N–H and O–H groups in total. The zero-order chi connectivity index (χ0) is 19.9. The van der Waals surface area contributed by atoms with Crippen LogP contribution in [-0.4, -0.2) is 31.6 Å². The maximum atomic E-state index is 12.6. The minimum absolute atomic E-state index is 0.0788. The van der Waals surface area contributed by atoms with Gasteiger partial charge in [-0.25, -0.2) is 4.79 Å². The van der Waals surface area contributed by atoms with Crippen molar-refractivity contribution in [1.82, 2.24) is 5.32 Å². The molecule has 1 aliphatic carbocycles. The van der Waals surface area contributed by atoms with E-state index in [1.54, 1.807) is 20.1 Å². The van der Waals surface area contributed by atoms with E-state index >= 15 is 0 Å². The Hall–Kier alpha value is -2.60. The molecule has 0 saturated carbocycles. The van der Waals surface area contributed by atoms with E-state index in [0.29, 0.717) is 17.7 Å². The van der Waals surface area contributed by atoms with Crippen molar-refractivity contribution in [3.8, 4) is 0 Å². The van der Waals surface area contributed by atoms with E-state index in [1.807, 2.05) is 18.2 Å². The highest BCUT2D eigenvalue weighted by molar-refractivity contribution is 5.97. The third-order valence-electron chi connectivity index (χ3n) is 4.96. The molecule has 1 atom stereocenters. The molecule has 1 amide bonds. The minimum Gasteiger partial charge on any atom is -0.449 e. The summed E-state index contributed by atoms with van der Waals surface area (Å²) < 4.78 is 16.2. The molecular formula is C22H27NO5. The van der Waals surface area contributed by atoms with Gasteiger partial charge in [0.25, 0.3) is 5.91 Å². The van der Waals surface area contributed by atoms with Crippen LogP contribution in [0.2, 0.25) is 0 Å². The first-order valence-corrected chi connectivity index (χ1v) is 9.76. The van der Waals surface area contributed by atoms with Gasteiger partial charge in [-0.3, -0.25) is 4.79 Å². The number of carbonyl (C=O) groups excluding carboxylic acids is 2. The van der Waals surface area contributed by atoms with Crippen LogP contribution in [0.4, 0.5) is 0 Å². The van der Waals surface area contributed by atoms with Gasteiger partial charge in [0.2, 0.25) is 5.76 Å². The molecular weight excluding hydrogens is 358 g/mol. The highest BCUT2D eigenvalue weighted by atomic mass is 16.6. The molecule has 6 nitrogen and oxygen atoms in total. The summed E-state index contributed by atoms with van der Waals surface area (Å²) in [7, 11) is 1.55. The molecule has 1 aromatic carbocycles. The molecule has 1 aliphatic rings. The predicted octanol–water partition coefficient (Wildman–Crippen LogP) is 4.13. The lowest BCUT2D eigenvalue weighted by Gasteiger charge is -2.15. The van der Waals surface area contributed by atoms with Gasteiger partial charge in [0.1, 0.15) is 5.58 Å². The second-order valence-corrected chi connectivity index (χ2v) is 7.04. The van der Waals surface area contributed by atoms with Crippen LogP contribution in [0.15, 0.2) is 40.3 Å². The third kappa shape index (κ3) is 4.81. The van der Waals surface area contributed by atoms with Gasteiger partial charge in [0, 0.05) is 24.6 Å². The molecule has 0 unspecified atom stereocenters. The number of hydrogen-bond acceptors (Lipinski definition) is 5. The number of methoxy groups -OCH3 is 1. The van der Waals surface area contributed by atoms with Crippen LogP contribution in [0.3, 0.4) is 0 Å². The van der Waals surface area contributed by atoms with Crippen LogP contribution in [0.25, 0.3) is 11.0 Å². The number of carbonyl (C=O) groups is 2. The molecule has 1 heterocycles. The van der Waals surface area contributed by atoms with Gasteiger partial charge >= 0.3 is 5.97 Å². The molecule has 3 rings (SSSR count). The minimum atomic E-state index is -0.906. The number of nitrogens with one attached hydrogen (secondary N) is 1. The Kier molecular flexibility index (Phi) is 6.87. The van der Waals surface area contributed by atoms with Gasteiger partial charge in [-0.2, -0.15) is 0 Å². The number of allylic oxidation sites excluding steroid dienone is 1. The molecule has 0 radical (unpaired) electrons. The van der Waals surface area contributed by atoms with Gasteiger partial charge in [0.15, 0.2) is 6.10 Å². The Labute approximate surface area is 164 Å². The summed E-state index contributed by atoms with van der Waals surface area (Å²) in [6.45, 7) is 2.33. The zero-order valence-corrected chi connectivity index (χ0v) is 16.5. The van der Waals surface area contributed by atoms with Gasteiger partial charge < -0.3 is 19.2 Å². The number of amides is 1. The second kappa shape index (κ2) is 9.55. The monoisotopic (exact) mass is 385 g/mol. The topological polar surface area (TPSA) is 77.8 Å². The first kappa shape index (κ1) is 20.1. The fourth-order valence-electron chi connectivity index (χ4n) is 3.44. The van der Waals surface area contributed by atoms with Crippen LogP contribution in [0.5, 0.6) is 0 Å². The Balaban J connectivity index is 1.59. The zero-order valence-electron chi connectivity index (χ0n) is 16.5. The lowest BCUT2D eigenvalue weighted by Crippen LogP contribution is -2.36. The van der Waals surface area contributed by atoms with Crippen LogP contribution >= 0.6 is 0 Å². The number of fused-ring (bicyclic) bond motifs is 1. The molecule has 0 fully saturated rings. The summed E-state index contributed by atoms with van der Waals surface area (Å²) >= 11 is 0. The van der Waals surface area contributed by atoms with Gasteiger partial charge in [-0.15, -0.1) is 0 Å². The van der Waals surface area contributed by atoms with E-state index in [-0.39, 0.29) is 18.3 Å². The lowest BCUT2D eigenvalue weighted by atomic mass is 9.97. The Bertz CT molecular complexity index is 867. The van der Waals surface area contributed by atoms with Gasteiger partial charge in [-0.05, 0) is 45.1 Å². The summed E-state index contributed by atoms with van der Waals surface area (Å²) in [4.78, 5) is 24.9. The van der Waals surface area contributed by atoms with Crippen molar-refractivity contribution >= 4 is 22.8 Å². The first-order chi connectivity index (χ1) is 13.6. The summed E-state index contributed by atoms with van der Waals surface area (Å²) in [5.41, 5.74) is 2.60. The number of esters is 1. The fourth-order valence-corrected chi connectivity index (χ4v) is 3.44. The van der Waals surface area contributed by atoms with E-state index < -0.39 is 12.1 Å². The van der Waals surface area contributed by atoms with E-state index in [4.69, 9.17) is 13.9 Å². The highest BCUT2D eigenvalue weighted by Crippen LogP contribution is 2.27. The SMILES string of the molecule is COCc1c(C(=O)O[C@@H](C)C(=O)NCCC2=CCCCC2)oc2ccccc12. The Morgan fingerprint density at radius 1 is 1.25 bits per heavy atom. The molecule has 0 saturated heterocycles. The molecule has 2 aromatic rings. The summed E-state index contributed by atoms with van der Waals surface area (Å²) in [5.74, 6) is -0.898. The van der Waals surface area contributed by atoms with E-state index in [2.05, 4.69) is 11.4 Å². The van der Waals surface area contributed by atoms with Crippen LogP contribution in [0.1, 0.15) is 55.1 Å². The van der Waals surface area contributed by atoms with E-state index in [9.17, 15) is 9.59 Å². The maximum Gasteiger partial charge on any atom is 0.375 e. The largest absolute Gasteiger partial charge is 0.449 e. The molecule has 1 aromatic heterocycles. The van der Waals surface area contributed by atoms with Crippen molar-refractivity contribution in [1.29, 1.82) is 0 Å². The van der Waals surface area contributed by atoms with Crippen LogP contribution in [0, 0.1) is 0 Å². The molecule has 0 spiro atoms. The standard InChI is InChI=1S/C22H27NO5/c1-15(21(24)23-13-12-16-8-4-3-5-9-16)27-22(25)20-18(14-26-2)17-10-6-7-11-19(17)28-20/h6-8,10-11,15H,3-5,9,12-14H2,1-2H3,(H,23,24)/t15-/m0/s1. The quantitative estimate of drug-likeness (QED) is 0.546. The van der Waals surface area contributed by atoms with Crippen LogP contribution in [-0.2, 0) is 20.9 Å². The van der Waals surface area contributed by atoms with Crippen molar-refractivity contribution in [2.45, 2.75) is 51.7 Å². The molecule has 0 aliphatic heterocycles. The fraction of sp³-hybridized carbons (Fsp3) is 0.455. The lowest BCUT2D eigenvalue weighted by molar-refractivity contribution is -0.129. The number of furan rings is 1. The third-order valence-corrected chi connectivity index (χ3v) is 4.96. The van der Waals surface area contributed by atoms with Gasteiger partial charge in [0.05, 0.1) is 6.61 Å². The van der Waals surface area contributed by atoms with Crippen LogP contribution < -0.4 is 5.32 Å². The smallest absolute Gasteiger partial charge is 0.375 e. The molecule has 0 bridgehead atoms. The molecule has 150 valence electrons. The Morgan fingerprint density at radius 2 is 2.07 bits per heavy atom. The maximum absolute atomic E-state index is 12.6. The predicted molar refractivity (Wildman–Crippen MR) is 106 cm³/mol. The second-order valence-electron chi connectivity index (χ2n) is 7.04. The summed E-state index contributed by atoms with van der Waals surface area (Å²) in [6, 6.07) is 7.33. The average Bonchev–Trinajstić information content (AvgIpc) is 3.08. The first-order valence-electron chi connectivity index (χ1n) is 9.76. The average molecular weight is 385 g/mol. The number of para-hydroxylation sites is 1. The van der Waals surface area contributed by atoms with Crippen molar-refractivity contribution in [3.63, 3.8) is 0 Å². The number of hydrogen-bond donors (Lipinski definition) is 1. The molecule has 28 heavy (non-hydrogen) atoms. The Morgan fingerprint density at radius 3 is 2.82 bits per heavy atom. The van der Waals surface area contributed by atoms with Crippen molar-refractivity contribution < 1.29 is 23.5 Å². The van der Waals surface area contributed by atoms with Crippen molar-refractivity contribution in [3.05, 3.63) is 47.2 Å². The summed E-state index contributed by atoms with van der Waals surface area (Å²) in [5, 5.41) is 3.64. The van der Waals surface area contributed by atoms with Crippen molar-refractivity contribution in [2.24, 2.45) is 0 Å². The van der Waals surface area contributed by atoms with E-state index in [1.165, 1.54) is 18.4 Å². The number of rotatable bonds is 8. The summed E-state index contributed by atoms with van der Waals surface area (Å²) in [6.07, 6.45) is 6.89. The molecule has 6 heteroatoms.